The van der Waals surface area contributed by atoms with Crippen LogP contribution < -0.4 is 9.64 Å². The molecule has 0 aromatic heterocycles. The molecule has 6 heteroatoms. The maximum absolute atomic E-state index is 12.9. The Balaban J connectivity index is 1.36. The van der Waals surface area contributed by atoms with Crippen LogP contribution in [0.2, 0.25) is 0 Å². The number of hydrogen-bond acceptors (Lipinski definition) is 5. The normalized spacial score (nSPS) is 26.3. The van der Waals surface area contributed by atoms with Crippen molar-refractivity contribution >= 4 is 17.5 Å². The lowest BCUT2D eigenvalue weighted by Gasteiger charge is -2.17. The van der Waals surface area contributed by atoms with Gasteiger partial charge in [0.15, 0.2) is 0 Å². The predicted molar refractivity (Wildman–Crippen MR) is 103 cm³/mol. The number of allylic oxidation sites excluding steroid dienone is 2. The van der Waals surface area contributed by atoms with Crippen molar-refractivity contribution in [2.75, 3.05) is 4.90 Å². The van der Waals surface area contributed by atoms with Gasteiger partial charge < -0.3 is 4.74 Å². The first-order valence-electron chi connectivity index (χ1n) is 9.39. The van der Waals surface area contributed by atoms with Crippen LogP contribution in [-0.4, -0.2) is 11.8 Å². The van der Waals surface area contributed by atoms with Crippen molar-refractivity contribution < 1.29 is 14.3 Å². The van der Waals surface area contributed by atoms with Gasteiger partial charge in [-0.15, -0.1) is 0 Å². The predicted octanol–water partition coefficient (Wildman–Crippen LogP) is 3.53. The molecule has 1 heterocycles. The number of carbonyl (C=O) groups excluding carboxylic acids is 2. The van der Waals surface area contributed by atoms with Crippen LogP contribution in [0.25, 0.3) is 0 Å². The van der Waals surface area contributed by atoms with Crippen LogP contribution in [0.3, 0.4) is 0 Å². The SMILES string of the molecule is N#Cc1ccc(Oc2ccc(N3C(=O)[C@@H]4[C@H](C3=O)[C@H]3C=C[C@@H]4C3)cc2)cc1C#N. The molecule has 0 unspecified atom stereocenters. The third-order valence-corrected chi connectivity index (χ3v) is 6.03. The molecule has 2 amide bonds. The van der Waals surface area contributed by atoms with Gasteiger partial charge >= 0.3 is 0 Å². The van der Waals surface area contributed by atoms with Crippen molar-refractivity contribution in [3.8, 4) is 23.6 Å². The molecule has 0 radical (unpaired) electrons. The number of anilines is 1. The van der Waals surface area contributed by atoms with Crippen molar-refractivity contribution in [2.24, 2.45) is 23.7 Å². The van der Waals surface area contributed by atoms with Gasteiger partial charge in [0.2, 0.25) is 11.8 Å². The van der Waals surface area contributed by atoms with E-state index >= 15 is 0 Å². The first-order valence-corrected chi connectivity index (χ1v) is 9.39. The fourth-order valence-electron chi connectivity index (χ4n) is 4.73. The van der Waals surface area contributed by atoms with E-state index in [1.807, 2.05) is 12.1 Å². The van der Waals surface area contributed by atoms with Crippen molar-refractivity contribution in [3.63, 3.8) is 0 Å². The van der Waals surface area contributed by atoms with Crippen LogP contribution >= 0.6 is 0 Å². The Morgan fingerprint density at radius 2 is 1.41 bits per heavy atom. The molecule has 0 N–H and O–H groups in total. The second kappa shape index (κ2) is 6.32. The zero-order chi connectivity index (χ0) is 20.1. The van der Waals surface area contributed by atoms with E-state index in [-0.39, 0.29) is 46.6 Å². The summed E-state index contributed by atoms with van der Waals surface area (Å²) in [6.07, 6.45) is 5.05. The van der Waals surface area contributed by atoms with E-state index in [0.717, 1.165) is 6.42 Å². The maximum atomic E-state index is 12.9. The van der Waals surface area contributed by atoms with Gasteiger partial charge in [0.25, 0.3) is 0 Å². The van der Waals surface area contributed by atoms with E-state index in [4.69, 9.17) is 15.3 Å². The molecule has 2 bridgehead atoms. The number of imide groups is 1. The molecule has 2 aliphatic carbocycles. The largest absolute Gasteiger partial charge is 0.457 e. The Morgan fingerprint density at radius 3 is 2.00 bits per heavy atom. The molecule has 1 saturated carbocycles. The van der Waals surface area contributed by atoms with E-state index in [1.54, 1.807) is 30.3 Å². The van der Waals surface area contributed by atoms with Gasteiger partial charge in [-0.25, -0.2) is 0 Å². The highest BCUT2D eigenvalue weighted by Crippen LogP contribution is 2.53. The topological polar surface area (TPSA) is 94.2 Å². The fourth-order valence-corrected chi connectivity index (χ4v) is 4.73. The molecule has 2 aromatic rings. The summed E-state index contributed by atoms with van der Waals surface area (Å²) in [5.74, 6) is 0.613. The highest BCUT2D eigenvalue weighted by Gasteiger charge is 2.59. The quantitative estimate of drug-likeness (QED) is 0.599. The summed E-state index contributed by atoms with van der Waals surface area (Å²) >= 11 is 0. The lowest BCUT2D eigenvalue weighted by Crippen LogP contribution is -2.32. The standard InChI is InChI=1S/C23H15N3O3/c24-11-15-3-6-19(10-16(15)12-25)29-18-7-4-17(5-8-18)26-22(27)20-13-1-2-14(9-13)21(20)23(26)28/h1-8,10,13-14,20-21H,9H2/t13-,14+,20+,21-. The smallest absolute Gasteiger partial charge is 0.238 e. The summed E-state index contributed by atoms with van der Waals surface area (Å²) in [4.78, 5) is 27.1. The van der Waals surface area contributed by atoms with Gasteiger partial charge in [0, 0.05) is 0 Å². The average molecular weight is 381 g/mol. The number of benzene rings is 2. The van der Waals surface area contributed by atoms with Gasteiger partial charge in [0.05, 0.1) is 28.7 Å². The van der Waals surface area contributed by atoms with Gasteiger partial charge in [-0.05, 0) is 60.7 Å². The average Bonchev–Trinajstić information content (AvgIpc) is 3.42. The molecule has 4 atom stereocenters. The lowest BCUT2D eigenvalue weighted by atomic mass is 9.85. The van der Waals surface area contributed by atoms with Gasteiger partial charge in [-0.3, -0.25) is 14.5 Å². The molecular formula is C23H15N3O3. The lowest BCUT2D eigenvalue weighted by molar-refractivity contribution is -0.123. The number of nitriles is 2. The van der Waals surface area contributed by atoms with Crippen LogP contribution in [0, 0.1) is 46.3 Å². The number of ether oxygens (including phenoxy) is 1. The molecule has 3 aliphatic rings. The first-order chi connectivity index (χ1) is 14.1. The molecule has 6 nitrogen and oxygen atoms in total. The molecule has 2 aromatic carbocycles. The number of carbonyl (C=O) groups is 2. The summed E-state index contributed by atoms with van der Waals surface area (Å²) in [5, 5.41) is 18.1. The van der Waals surface area contributed by atoms with Gasteiger partial charge in [-0.2, -0.15) is 10.5 Å². The van der Waals surface area contributed by atoms with Crippen LogP contribution in [0.4, 0.5) is 5.69 Å². The third-order valence-electron chi connectivity index (χ3n) is 6.03. The van der Waals surface area contributed by atoms with Crippen LogP contribution in [0.5, 0.6) is 11.5 Å². The summed E-state index contributed by atoms with van der Waals surface area (Å²) in [7, 11) is 0. The van der Waals surface area contributed by atoms with E-state index in [0.29, 0.717) is 17.2 Å². The van der Waals surface area contributed by atoms with E-state index in [2.05, 4.69) is 12.2 Å². The third kappa shape index (κ3) is 2.54. The van der Waals surface area contributed by atoms with Crippen molar-refractivity contribution in [1.82, 2.24) is 0 Å². The Morgan fingerprint density at radius 1 is 0.828 bits per heavy atom. The Kier molecular flexibility index (Phi) is 3.75. The highest BCUT2D eigenvalue weighted by atomic mass is 16.5. The van der Waals surface area contributed by atoms with E-state index < -0.39 is 0 Å². The zero-order valence-corrected chi connectivity index (χ0v) is 15.3. The van der Waals surface area contributed by atoms with Gasteiger partial charge in [-0.1, -0.05) is 12.2 Å². The van der Waals surface area contributed by atoms with E-state index in [9.17, 15) is 9.59 Å². The molecule has 2 fully saturated rings. The number of hydrogen-bond donors (Lipinski definition) is 0. The minimum absolute atomic E-state index is 0.115. The molecule has 0 spiro atoms. The molecule has 1 saturated heterocycles. The summed E-state index contributed by atoms with van der Waals surface area (Å²) in [6, 6.07) is 15.3. The Hall–Kier alpha value is -3.90. The van der Waals surface area contributed by atoms with Crippen molar-refractivity contribution in [1.29, 1.82) is 10.5 Å². The number of amides is 2. The number of fused-ring (bicyclic) bond motifs is 5. The summed E-state index contributed by atoms with van der Waals surface area (Å²) in [5.41, 5.74) is 1.07. The minimum atomic E-state index is -0.225. The maximum Gasteiger partial charge on any atom is 0.238 e. The fraction of sp³-hybridized carbons (Fsp3) is 0.217. The monoisotopic (exact) mass is 381 g/mol. The molecule has 5 rings (SSSR count). The molecular weight excluding hydrogens is 366 g/mol. The Labute approximate surface area is 167 Å². The van der Waals surface area contributed by atoms with Gasteiger partial charge in [0.1, 0.15) is 23.6 Å². The highest BCUT2D eigenvalue weighted by molar-refractivity contribution is 6.22. The molecule has 1 aliphatic heterocycles. The Bertz CT molecular complexity index is 1120. The zero-order valence-electron chi connectivity index (χ0n) is 15.3. The second-order valence-corrected chi connectivity index (χ2v) is 7.54. The van der Waals surface area contributed by atoms with E-state index in [1.165, 1.54) is 17.0 Å². The van der Waals surface area contributed by atoms with Crippen molar-refractivity contribution in [2.45, 2.75) is 6.42 Å². The van der Waals surface area contributed by atoms with Crippen LogP contribution in [0.1, 0.15) is 17.5 Å². The summed E-state index contributed by atoms with van der Waals surface area (Å²) < 4.78 is 5.75. The number of nitrogens with zero attached hydrogens (tertiary/aromatic N) is 3. The number of rotatable bonds is 3. The van der Waals surface area contributed by atoms with Crippen LogP contribution in [0.15, 0.2) is 54.6 Å². The van der Waals surface area contributed by atoms with Crippen LogP contribution in [-0.2, 0) is 9.59 Å². The summed E-state index contributed by atoms with van der Waals surface area (Å²) in [6.45, 7) is 0. The molecule has 140 valence electrons. The second-order valence-electron chi connectivity index (χ2n) is 7.54. The first kappa shape index (κ1) is 17.2. The molecule has 29 heavy (non-hydrogen) atoms. The minimum Gasteiger partial charge on any atom is -0.457 e. The van der Waals surface area contributed by atoms with Crippen molar-refractivity contribution in [3.05, 3.63) is 65.7 Å².